The molecule has 2 aliphatic carbocycles. The molecular weight excluding hydrogens is 298 g/mol. The van der Waals surface area contributed by atoms with E-state index in [0.717, 1.165) is 30.2 Å². The number of fused-ring (bicyclic) bond motifs is 1. The van der Waals surface area contributed by atoms with Crippen LogP contribution in [0.5, 0.6) is 5.75 Å². The number of ether oxygens (including phenoxy) is 1. The standard InChI is InChI=1S/C18H27NO2.ClH/c1-12-5-8-15(21-4)10-16(12)18(20)14(11-19(2)3)7-6-13-9-17(13)18;/h5,8,10,13-14,17,20H,6-7,9,11H2,1-4H3;1H. The largest absolute Gasteiger partial charge is 0.497 e. The molecule has 0 amide bonds. The van der Waals surface area contributed by atoms with Gasteiger partial charge in [0.2, 0.25) is 0 Å². The number of aliphatic hydroxyl groups is 1. The lowest BCUT2D eigenvalue weighted by atomic mass is 9.69. The first kappa shape index (κ1) is 17.6. The molecule has 1 aromatic carbocycles. The van der Waals surface area contributed by atoms with Crippen molar-refractivity contribution in [2.24, 2.45) is 17.8 Å². The third kappa shape index (κ3) is 2.86. The van der Waals surface area contributed by atoms with Crippen molar-refractivity contribution >= 4 is 12.4 Å². The van der Waals surface area contributed by atoms with Gasteiger partial charge in [-0.15, -0.1) is 12.4 Å². The molecule has 0 radical (unpaired) electrons. The van der Waals surface area contributed by atoms with E-state index in [9.17, 15) is 5.11 Å². The minimum Gasteiger partial charge on any atom is -0.497 e. The lowest BCUT2D eigenvalue weighted by Crippen LogP contribution is -2.45. The molecule has 0 saturated heterocycles. The second-order valence-corrected chi connectivity index (χ2v) is 7.14. The van der Waals surface area contributed by atoms with E-state index >= 15 is 0 Å². The minimum absolute atomic E-state index is 0. The molecule has 4 unspecified atom stereocenters. The van der Waals surface area contributed by atoms with E-state index in [-0.39, 0.29) is 12.4 Å². The van der Waals surface area contributed by atoms with Gasteiger partial charge in [0.1, 0.15) is 5.75 Å². The molecule has 2 aliphatic rings. The van der Waals surface area contributed by atoms with Crippen LogP contribution in [0.4, 0.5) is 0 Å². The van der Waals surface area contributed by atoms with Crippen LogP contribution >= 0.6 is 12.4 Å². The third-order valence-corrected chi connectivity index (χ3v) is 5.46. The molecule has 124 valence electrons. The molecule has 1 N–H and O–H groups in total. The van der Waals surface area contributed by atoms with Crippen LogP contribution in [-0.4, -0.2) is 37.8 Å². The van der Waals surface area contributed by atoms with Crippen LogP contribution in [0.1, 0.15) is 30.4 Å². The maximum absolute atomic E-state index is 11.7. The van der Waals surface area contributed by atoms with E-state index in [1.807, 2.05) is 6.07 Å². The van der Waals surface area contributed by atoms with Gasteiger partial charge in [0.25, 0.3) is 0 Å². The van der Waals surface area contributed by atoms with E-state index in [0.29, 0.717) is 11.8 Å². The molecule has 4 atom stereocenters. The van der Waals surface area contributed by atoms with Gasteiger partial charge in [-0.05, 0) is 75.4 Å². The zero-order valence-electron chi connectivity index (χ0n) is 14.0. The van der Waals surface area contributed by atoms with Gasteiger partial charge in [-0.25, -0.2) is 0 Å². The third-order valence-electron chi connectivity index (χ3n) is 5.46. The highest BCUT2D eigenvalue weighted by Crippen LogP contribution is 2.61. The van der Waals surface area contributed by atoms with Crippen LogP contribution in [0.15, 0.2) is 18.2 Å². The van der Waals surface area contributed by atoms with Crippen LogP contribution < -0.4 is 4.74 Å². The molecule has 2 fully saturated rings. The average Bonchev–Trinajstić information content (AvgIpc) is 3.23. The van der Waals surface area contributed by atoms with Crippen molar-refractivity contribution in [2.45, 2.75) is 31.8 Å². The highest BCUT2D eigenvalue weighted by atomic mass is 35.5. The van der Waals surface area contributed by atoms with E-state index in [1.54, 1.807) is 7.11 Å². The molecule has 0 aliphatic heterocycles. The maximum atomic E-state index is 11.7. The number of aryl methyl sites for hydroxylation is 1. The van der Waals surface area contributed by atoms with Crippen molar-refractivity contribution < 1.29 is 9.84 Å². The smallest absolute Gasteiger partial charge is 0.119 e. The van der Waals surface area contributed by atoms with Gasteiger partial charge in [0.05, 0.1) is 12.7 Å². The SMILES string of the molecule is COc1ccc(C)c(C2(O)C(CN(C)C)CCC3CC32)c1.Cl. The molecule has 22 heavy (non-hydrogen) atoms. The first-order chi connectivity index (χ1) is 9.96. The highest BCUT2D eigenvalue weighted by molar-refractivity contribution is 5.85. The van der Waals surface area contributed by atoms with E-state index in [2.05, 4.69) is 38.1 Å². The van der Waals surface area contributed by atoms with Gasteiger partial charge < -0.3 is 14.7 Å². The average molecular weight is 326 g/mol. The number of halogens is 1. The Morgan fingerprint density at radius 3 is 2.68 bits per heavy atom. The second kappa shape index (κ2) is 6.38. The fourth-order valence-corrected chi connectivity index (χ4v) is 4.29. The minimum atomic E-state index is -0.689. The monoisotopic (exact) mass is 325 g/mol. The Morgan fingerprint density at radius 1 is 1.32 bits per heavy atom. The summed E-state index contributed by atoms with van der Waals surface area (Å²) in [6.07, 6.45) is 3.57. The second-order valence-electron chi connectivity index (χ2n) is 7.14. The fraction of sp³-hybridized carbons (Fsp3) is 0.667. The van der Waals surface area contributed by atoms with E-state index in [1.165, 1.54) is 18.4 Å². The lowest BCUT2D eigenvalue weighted by molar-refractivity contribution is -0.0755. The number of rotatable bonds is 4. The topological polar surface area (TPSA) is 32.7 Å². The summed E-state index contributed by atoms with van der Waals surface area (Å²) in [5.41, 5.74) is 1.57. The van der Waals surface area contributed by atoms with Crippen LogP contribution in [0, 0.1) is 24.7 Å². The zero-order valence-corrected chi connectivity index (χ0v) is 14.8. The first-order valence-corrected chi connectivity index (χ1v) is 7.99. The van der Waals surface area contributed by atoms with Crippen molar-refractivity contribution in [3.8, 4) is 5.75 Å². The summed E-state index contributed by atoms with van der Waals surface area (Å²) in [5.74, 6) is 2.30. The summed E-state index contributed by atoms with van der Waals surface area (Å²) in [4.78, 5) is 2.20. The number of benzene rings is 1. The Bertz CT molecular complexity index is 534. The van der Waals surface area contributed by atoms with Crippen molar-refractivity contribution in [1.29, 1.82) is 0 Å². The fourth-order valence-electron chi connectivity index (χ4n) is 4.29. The molecule has 0 heterocycles. The molecule has 4 heteroatoms. The lowest BCUT2D eigenvalue weighted by Gasteiger charge is -2.42. The van der Waals surface area contributed by atoms with Gasteiger partial charge in [0, 0.05) is 12.5 Å². The van der Waals surface area contributed by atoms with Gasteiger partial charge in [0.15, 0.2) is 0 Å². The molecule has 3 rings (SSSR count). The van der Waals surface area contributed by atoms with Crippen molar-refractivity contribution in [3.05, 3.63) is 29.3 Å². The highest BCUT2D eigenvalue weighted by Gasteiger charge is 2.59. The molecular formula is C18H28ClNO2. The predicted octanol–water partition coefficient (Wildman–Crippen LogP) is 3.22. The molecule has 2 saturated carbocycles. The summed E-state index contributed by atoms with van der Waals surface area (Å²) in [6.45, 7) is 3.04. The van der Waals surface area contributed by atoms with Crippen LogP contribution in [0.25, 0.3) is 0 Å². The Hall–Kier alpha value is -0.770. The van der Waals surface area contributed by atoms with E-state index < -0.39 is 5.60 Å². The summed E-state index contributed by atoms with van der Waals surface area (Å²) in [7, 11) is 5.88. The van der Waals surface area contributed by atoms with Gasteiger partial charge in [-0.3, -0.25) is 0 Å². The normalized spacial score (nSPS) is 33.1. The van der Waals surface area contributed by atoms with Crippen LogP contribution in [-0.2, 0) is 5.60 Å². The van der Waals surface area contributed by atoms with Crippen molar-refractivity contribution in [3.63, 3.8) is 0 Å². The quantitative estimate of drug-likeness (QED) is 0.922. The van der Waals surface area contributed by atoms with Crippen molar-refractivity contribution in [1.82, 2.24) is 4.90 Å². The number of hydrogen-bond donors (Lipinski definition) is 1. The first-order valence-electron chi connectivity index (χ1n) is 7.99. The van der Waals surface area contributed by atoms with Gasteiger partial charge in [-0.1, -0.05) is 6.07 Å². The van der Waals surface area contributed by atoms with E-state index in [4.69, 9.17) is 4.74 Å². The Labute approximate surface area is 140 Å². The number of methoxy groups -OCH3 is 1. The van der Waals surface area contributed by atoms with Crippen LogP contribution in [0.3, 0.4) is 0 Å². The molecule has 0 spiro atoms. The zero-order chi connectivity index (χ0) is 15.2. The summed E-state index contributed by atoms with van der Waals surface area (Å²) in [6, 6.07) is 6.11. The van der Waals surface area contributed by atoms with Gasteiger partial charge >= 0.3 is 0 Å². The summed E-state index contributed by atoms with van der Waals surface area (Å²) >= 11 is 0. The molecule has 3 nitrogen and oxygen atoms in total. The number of nitrogens with zero attached hydrogens (tertiary/aromatic N) is 1. The Kier molecular flexibility index (Phi) is 5.10. The predicted molar refractivity (Wildman–Crippen MR) is 91.8 cm³/mol. The molecule has 1 aromatic rings. The Balaban J connectivity index is 0.00000176. The summed E-state index contributed by atoms with van der Waals surface area (Å²) in [5, 5.41) is 11.7. The molecule has 0 aromatic heterocycles. The van der Waals surface area contributed by atoms with Crippen molar-refractivity contribution in [2.75, 3.05) is 27.7 Å². The summed E-state index contributed by atoms with van der Waals surface area (Å²) < 4.78 is 5.39. The molecule has 0 bridgehead atoms. The Morgan fingerprint density at radius 2 is 2.05 bits per heavy atom. The maximum Gasteiger partial charge on any atom is 0.119 e. The van der Waals surface area contributed by atoms with Crippen LogP contribution in [0.2, 0.25) is 0 Å². The van der Waals surface area contributed by atoms with Gasteiger partial charge in [-0.2, -0.15) is 0 Å². The number of hydrogen-bond acceptors (Lipinski definition) is 3.